The smallest absolute Gasteiger partial charge is 0.325 e. The van der Waals surface area contributed by atoms with Gasteiger partial charge < -0.3 is 14.8 Å². The maximum atomic E-state index is 12.3. The zero-order valence-electron chi connectivity index (χ0n) is 15.7. The van der Waals surface area contributed by atoms with Crippen LogP contribution in [0.25, 0.3) is 0 Å². The number of benzene rings is 1. The van der Waals surface area contributed by atoms with Gasteiger partial charge in [-0.15, -0.1) is 0 Å². The summed E-state index contributed by atoms with van der Waals surface area (Å²) in [4.78, 5) is 28.1. The normalized spacial score (nSPS) is 13.1. The third kappa shape index (κ3) is 5.54. The Hall–Kier alpha value is -2.89. The first kappa shape index (κ1) is 18.9. The standard InChI is InChI=1S/C21H24N2O4/c1-14-8-18(21(25)23-11-19(24)26-12-16-5-6-16)9-15(2)20(14)27-13-17-4-3-7-22-10-17/h3-4,7-10,16H,5-6,11-13H2,1-2H3,(H,23,25). The van der Waals surface area contributed by atoms with E-state index >= 15 is 0 Å². The van der Waals surface area contributed by atoms with Gasteiger partial charge in [0.15, 0.2) is 0 Å². The molecule has 0 saturated heterocycles. The lowest BCUT2D eigenvalue weighted by atomic mass is 10.0. The molecule has 3 rings (SSSR count). The summed E-state index contributed by atoms with van der Waals surface area (Å²) in [6.45, 7) is 4.53. The average molecular weight is 368 g/mol. The highest BCUT2D eigenvalue weighted by molar-refractivity contribution is 5.96. The van der Waals surface area contributed by atoms with Crippen LogP contribution >= 0.6 is 0 Å². The van der Waals surface area contributed by atoms with Gasteiger partial charge in [0.05, 0.1) is 6.61 Å². The molecule has 6 heteroatoms. The molecule has 2 aromatic rings. The number of aromatic nitrogens is 1. The summed E-state index contributed by atoms with van der Waals surface area (Å²) in [5.74, 6) is 0.553. The fourth-order valence-electron chi connectivity index (χ4n) is 2.75. The van der Waals surface area contributed by atoms with Crippen LogP contribution in [0.15, 0.2) is 36.7 Å². The van der Waals surface area contributed by atoms with Gasteiger partial charge in [-0.3, -0.25) is 14.6 Å². The van der Waals surface area contributed by atoms with Crippen molar-refractivity contribution in [3.05, 3.63) is 58.9 Å². The van der Waals surface area contributed by atoms with Crippen LogP contribution < -0.4 is 10.1 Å². The zero-order chi connectivity index (χ0) is 19.2. The third-order valence-corrected chi connectivity index (χ3v) is 4.40. The number of hydrogen-bond donors (Lipinski definition) is 1. The minimum absolute atomic E-state index is 0.122. The van der Waals surface area contributed by atoms with Gasteiger partial charge >= 0.3 is 5.97 Å². The van der Waals surface area contributed by atoms with Gasteiger partial charge in [-0.1, -0.05) is 6.07 Å². The molecule has 1 fully saturated rings. The van der Waals surface area contributed by atoms with Gasteiger partial charge in [0.1, 0.15) is 18.9 Å². The molecule has 0 unspecified atom stereocenters. The van der Waals surface area contributed by atoms with E-state index in [1.165, 1.54) is 0 Å². The first-order valence-electron chi connectivity index (χ1n) is 9.09. The highest BCUT2D eigenvalue weighted by Crippen LogP contribution is 2.28. The molecule has 0 radical (unpaired) electrons. The summed E-state index contributed by atoms with van der Waals surface area (Å²) in [5, 5.41) is 2.61. The third-order valence-electron chi connectivity index (χ3n) is 4.40. The molecule has 0 aliphatic heterocycles. The number of rotatable bonds is 8. The molecule has 1 heterocycles. The van der Waals surface area contributed by atoms with Crippen molar-refractivity contribution in [1.82, 2.24) is 10.3 Å². The van der Waals surface area contributed by atoms with Gasteiger partial charge in [-0.25, -0.2) is 0 Å². The molecule has 27 heavy (non-hydrogen) atoms. The lowest BCUT2D eigenvalue weighted by Gasteiger charge is -2.14. The maximum Gasteiger partial charge on any atom is 0.325 e. The van der Waals surface area contributed by atoms with Crippen LogP contribution in [0, 0.1) is 19.8 Å². The van der Waals surface area contributed by atoms with Crippen molar-refractivity contribution in [1.29, 1.82) is 0 Å². The summed E-state index contributed by atoms with van der Waals surface area (Å²) in [5.41, 5.74) is 3.19. The lowest BCUT2D eigenvalue weighted by molar-refractivity contribution is -0.142. The molecule has 1 aromatic heterocycles. The van der Waals surface area contributed by atoms with E-state index in [0.29, 0.717) is 24.7 Å². The first-order valence-corrected chi connectivity index (χ1v) is 9.09. The van der Waals surface area contributed by atoms with E-state index in [1.54, 1.807) is 24.5 Å². The molecule has 1 aliphatic rings. The van der Waals surface area contributed by atoms with Gasteiger partial charge in [0.25, 0.3) is 5.91 Å². The quantitative estimate of drug-likeness (QED) is 0.725. The number of esters is 1. The van der Waals surface area contributed by atoms with E-state index in [0.717, 1.165) is 35.3 Å². The number of ether oxygens (including phenoxy) is 2. The van der Waals surface area contributed by atoms with E-state index in [9.17, 15) is 9.59 Å². The Labute approximate surface area is 158 Å². The second kappa shape index (κ2) is 8.66. The summed E-state index contributed by atoms with van der Waals surface area (Å²) >= 11 is 0. The van der Waals surface area contributed by atoms with Gasteiger partial charge in [-0.2, -0.15) is 0 Å². The van der Waals surface area contributed by atoms with Gasteiger partial charge in [0.2, 0.25) is 0 Å². The van der Waals surface area contributed by atoms with Crippen molar-refractivity contribution in [2.45, 2.75) is 33.3 Å². The van der Waals surface area contributed by atoms with Crippen LogP contribution in [0.1, 0.15) is 39.9 Å². The number of aryl methyl sites for hydroxylation is 2. The molecular formula is C21H24N2O4. The Morgan fingerprint density at radius 1 is 1.22 bits per heavy atom. The Kier molecular flexibility index (Phi) is 6.06. The predicted octanol–water partition coefficient (Wildman–Crippen LogP) is 2.96. The second-order valence-corrected chi connectivity index (χ2v) is 6.90. The first-order chi connectivity index (χ1) is 13.0. The van der Waals surface area contributed by atoms with Crippen molar-refractivity contribution < 1.29 is 19.1 Å². The second-order valence-electron chi connectivity index (χ2n) is 6.90. The number of hydrogen-bond acceptors (Lipinski definition) is 5. The molecule has 1 N–H and O–H groups in total. The minimum atomic E-state index is -0.403. The summed E-state index contributed by atoms with van der Waals surface area (Å²) in [6, 6.07) is 7.33. The Bertz CT molecular complexity index is 793. The predicted molar refractivity (Wildman–Crippen MR) is 101 cm³/mol. The lowest BCUT2D eigenvalue weighted by Crippen LogP contribution is -2.31. The number of nitrogens with zero attached hydrogens (tertiary/aromatic N) is 1. The fourth-order valence-corrected chi connectivity index (χ4v) is 2.75. The summed E-state index contributed by atoms with van der Waals surface area (Å²) in [6.07, 6.45) is 5.71. The van der Waals surface area contributed by atoms with Crippen molar-refractivity contribution in [2.75, 3.05) is 13.2 Å². The summed E-state index contributed by atoms with van der Waals surface area (Å²) in [7, 11) is 0. The summed E-state index contributed by atoms with van der Waals surface area (Å²) < 4.78 is 11.0. The fraction of sp³-hybridized carbons (Fsp3) is 0.381. The Morgan fingerprint density at radius 3 is 2.59 bits per heavy atom. The van der Waals surface area contributed by atoms with Crippen molar-refractivity contribution in [2.24, 2.45) is 5.92 Å². The zero-order valence-corrected chi connectivity index (χ0v) is 15.7. The molecule has 1 aromatic carbocycles. The van der Waals surface area contributed by atoms with E-state index in [4.69, 9.17) is 9.47 Å². The highest BCUT2D eigenvalue weighted by atomic mass is 16.5. The highest BCUT2D eigenvalue weighted by Gasteiger charge is 2.23. The van der Waals surface area contributed by atoms with Crippen LogP contribution in [0.3, 0.4) is 0 Å². The molecule has 1 aliphatic carbocycles. The van der Waals surface area contributed by atoms with E-state index < -0.39 is 5.97 Å². The molecule has 6 nitrogen and oxygen atoms in total. The van der Waals surface area contributed by atoms with Crippen molar-refractivity contribution in [3.8, 4) is 5.75 Å². The average Bonchev–Trinajstić information content (AvgIpc) is 3.49. The largest absolute Gasteiger partial charge is 0.488 e. The van der Waals surface area contributed by atoms with Crippen molar-refractivity contribution in [3.63, 3.8) is 0 Å². The number of carbonyl (C=O) groups is 2. The maximum absolute atomic E-state index is 12.3. The van der Waals surface area contributed by atoms with E-state index in [-0.39, 0.29) is 12.5 Å². The Morgan fingerprint density at radius 2 is 1.96 bits per heavy atom. The molecule has 0 atom stereocenters. The number of pyridine rings is 1. The van der Waals surface area contributed by atoms with Gasteiger partial charge in [-0.05, 0) is 61.9 Å². The number of nitrogens with one attached hydrogen (secondary N) is 1. The minimum Gasteiger partial charge on any atom is -0.488 e. The molecule has 1 saturated carbocycles. The van der Waals surface area contributed by atoms with Crippen LogP contribution in [0.5, 0.6) is 5.75 Å². The van der Waals surface area contributed by atoms with Crippen LogP contribution in [-0.4, -0.2) is 30.0 Å². The van der Waals surface area contributed by atoms with Crippen molar-refractivity contribution >= 4 is 11.9 Å². The topological polar surface area (TPSA) is 77.5 Å². The number of carbonyl (C=O) groups excluding carboxylic acids is 2. The number of amides is 1. The molecule has 1 amide bonds. The van der Waals surface area contributed by atoms with E-state index in [1.807, 2.05) is 26.0 Å². The molecule has 0 bridgehead atoms. The molecular weight excluding hydrogens is 344 g/mol. The Balaban J connectivity index is 1.56. The van der Waals surface area contributed by atoms with Crippen LogP contribution in [0.4, 0.5) is 0 Å². The van der Waals surface area contributed by atoms with Gasteiger partial charge in [0, 0.05) is 23.5 Å². The molecule has 142 valence electrons. The SMILES string of the molecule is Cc1cc(C(=O)NCC(=O)OCC2CC2)cc(C)c1OCc1cccnc1. The molecule has 0 spiro atoms. The van der Waals surface area contributed by atoms with E-state index in [2.05, 4.69) is 10.3 Å². The van der Waals surface area contributed by atoms with Crippen LogP contribution in [0.2, 0.25) is 0 Å². The monoisotopic (exact) mass is 368 g/mol. The van der Waals surface area contributed by atoms with Crippen LogP contribution in [-0.2, 0) is 16.1 Å².